The number of methoxy groups -OCH3 is 1. The number of aromatic amines is 1. The molecule has 2 amide bonds. The number of ether oxygens (including phenoxy) is 2. The van der Waals surface area contributed by atoms with Crippen molar-refractivity contribution in [1.29, 1.82) is 0 Å². The summed E-state index contributed by atoms with van der Waals surface area (Å²) >= 11 is 1.28. The lowest BCUT2D eigenvalue weighted by Crippen LogP contribution is -2.44. The van der Waals surface area contributed by atoms with E-state index < -0.39 is 24.5 Å². The molecule has 4 rings (SSSR count). The summed E-state index contributed by atoms with van der Waals surface area (Å²) in [6.45, 7) is -0.235. The molecule has 3 N–H and O–H groups in total. The molecule has 4 aromatic rings. The first kappa shape index (κ1) is 24.0. The molecular formula is C26H25N3O5S. The van der Waals surface area contributed by atoms with Gasteiger partial charge < -0.3 is 25.1 Å². The number of hydrogen-bond donors (Lipinski definition) is 3. The smallest absolute Gasteiger partial charge is 0.329 e. The summed E-state index contributed by atoms with van der Waals surface area (Å²) in [6.07, 6.45) is 2.02. The third-order valence-corrected chi connectivity index (χ3v) is 6.32. The maximum absolute atomic E-state index is 12.9. The Labute approximate surface area is 206 Å². The molecule has 0 saturated heterocycles. The minimum absolute atomic E-state index is 0.211. The molecule has 2 heterocycles. The number of nitrogens with one attached hydrogen (secondary N) is 3. The number of rotatable bonds is 10. The van der Waals surface area contributed by atoms with Crippen molar-refractivity contribution >= 4 is 40.0 Å². The van der Waals surface area contributed by atoms with Gasteiger partial charge in [0.25, 0.3) is 11.8 Å². The Balaban J connectivity index is 1.40. The fourth-order valence-electron chi connectivity index (χ4n) is 3.68. The lowest BCUT2D eigenvalue weighted by Gasteiger charge is -2.17. The number of esters is 1. The number of thiophene rings is 1. The van der Waals surface area contributed by atoms with Gasteiger partial charge in [0.15, 0.2) is 6.61 Å². The van der Waals surface area contributed by atoms with Crippen LogP contribution in [0.4, 0.5) is 0 Å². The van der Waals surface area contributed by atoms with Crippen LogP contribution < -0.4 is 15.4 Å². The highest BCUT2D eigenvalue weighted by molar-refractivity contribution is 7.12. The second-order valence-corrected chi connectivity index (χ2v) is 8.71. The van der Waals surface area contributed by atoms with Crippen molar-refractivity contribution in [2.45, 2.75) is 19.0 Å². The van der Waals surface area contributed by atoms with Gasteiger partial charge >= 0.3 is 5.97 Å². The van der Waals surface area contributed by atoms with E-state index in [9.17, 15) is 14.4 Å². The maximum atomic E-state index is 12.9. The van der Waals surface area contributed by atoms with Gasteiger partial charge in [0.2, 0.25) is 0 Å². The molecule has 0 aliphatic carbocycles. The van der Waals surface area contributed by atoms with E-state index in [1.54, 1.807) is 30.7 Å². The summed E-state index contributed by atoms with van der Waals surface area (Å²) in [5, 5.41) is 8.20. The number of hydrogen-bond acceptors (Lipinski definition) is 6. The maximum Gasteiger partial charge on any atom is 0.329 e. The first-order valence-corrected chi connectivity index (χ1v) is 11.9. The molecule has 0 spiro atoms. The average molecular weight is 492 g/mol. The molecule has 0 aliphatic rings. The molecule has 9 heteroatoms. The molecule has 8 nitrogen and oxygen atoms in total. The molecule has 1 atom stereocenters. The highest BCUT2D eigenvalue weighted by Gasteiger charge is 2.25. The number of para-hydroxylation sites is 2. The summed E-state index contributed by atoms with van der Waals surface area (Å²) in [6, 6.07) is 17.5. The van der Waals surface area contributed by atoms with E-state index >= 15 is 0 Å². The molecule has 0 aliphatic heterocycles. The first-order chi connectivity index (χ1) is 17.0. The molecule has 0 radical (unpaired) electrons. The monoisotopic (exact) mass is 491 g/mol. The van der Waals surface area contributed by atoms with E-state index in [2.05, 4.69) is 15.6 Å². The van der Waals surface area contributed by atoms with E-state index in [1.807, 2.05) is 48.7 Å². The average Bonchev–Trinajstić information content (AvgIpc) is 3.56. The Kier molecular flexibility index (Phi) is 7.79. The van der Waals surface area contributed by atoms with E-state index in [0.29, 0.717) is 10.6 Å². The van der Waals surface area contributed by atoms with Gasteiger partial charge in [0.05, 0.1) is 12.0 Å². The van der Waals surface area contributed by atoms with E-state index in [4.69, 9.17) is 9.47 Å². The summed E-state index contributed by atoms with van der Waals surface area (Å²) in [7, 11) is 1.56. The molecule has 0 unspecified atom stereocenters. The van der Waals surface area contributed by atoms with Gasteiger partial charge in [0, 0.05) is 35.6 Å². The Morgan fingerprint density at radius 3 is 2.60 bits per heavy atom. The summed E-state index contributed by atoms with van der Waals surface area (Å²) in [5.41, 5.74) is 2.58. The number of fused-ring (bicyclic) bond motifs is 1. The van der Waals surface area contributed by atoms with Crippen molar-refractivity contribution < 1.29 is 23.9 Å². The Bertz CT molecular complexity index is 1320. The fourth-order valence-corrected chi connectivity index (χ4v) is 4.31. The second-order valence-electron chi connectivity index (χ2n) is 7.76. The summed E-state index contributed by atoms with van der Waals surface area (Å²) < 4.78 is 10.6. The van der Waals surface area contributed by atoms with Crippen molar-refractivity contribution in [1.82, 2.24) is 15.6 Å². The lowest BCUT2D eigenvalue weighted by molar-refractivity contribution is -0.150. The van der Waals surface area contributed by atoms with Crippen LogP contribution in [0.25, 0.3) is 10.9 Å². The number of amides is 2. The third kappa shape index (κ3) is 6.07. The SMILES string of the molecule is COc1ccccc1CNC(=O)COC(=O)[C@H](Cc1c[nH]c2ccccc12)NC(=O)c1cccs1. The third-order valence-electron chi connectivity index (χ3n) is 5.45. The number of aromatic nitrogens is 1. The normalized spacial score (nSPS) is 11.6. The molecule has 180 valence electrons. The van der Waals surface area contributed by atoms with Crippen molar-refractivity contribution in [2.75, 3.05) is 13.7 Å². The highest BCUT2D eigenvalue weighted by atomic mass is 32.1. The summed E-state index contributed by atoms with van der Waals surface area (Å²) in [5.74, 6) is -0.866. The predicted molar refractivity (Wildman–Crippen MR) is 133 cm³/mol. The van der Waals surface area contributed by atoms with Gasteiger partial charge in [0.1, 0.15) is 11.8 Å². The zero-order chi connectivity index (χ0) is 24.6. The van der Waals surface area contributed by atoms with Gasteiger partial charge in [-0.25, -0.2) is 4.79 Å². The van der Waals surface area contributed by atoms with Crippen LogP contribution in [0.1, 0.15) is 20.8 Å². The Morgan fingerprint density at radius 1 is 1.00 bits per heavy atom. The van der Waals surface area contributed by atoms with Gasteiger partial charge in [-0.1, -0.05) is 42.5 Å². The molecule has 35 heavy (non-hydrogen) atoms. The van der Waals surface area contributed by atoms with Crippen molar-refractivity contribution in [2.24, 2.45) is 0 Å². The van der Waals surface area contributed by atoms with Crippen molar-refractivity contribution in [3.8, 4) is 5.75 Å². The standard InChI is InChI=1S/C26H25N3O5S/c1-33-22-10-5-2-7-17(22)14-28-24(30)16-34-26(32)21(29-25(31)23-11-6-12-35-23)13-18-15-27-20-9-4-3-8-19(18)20/h2-12,15,21,27H,13-14,16H2,1H3,(H,28,30)(H,29,31)/t21-/m0/s1. The minimum Gasteiger partial charge on any atom is -0.496 e. The van der Waals surface area contributed by atoms with Gasteiger partial charge in [-0.15, -0.1) is 11.3 Å². The highest BCUT2D eigenvalue weighted by Crippen LogP contribution is 2.20. The van der Waals surface area contributed by atoms with Gasteiger partial charge in [-0.2, -0.15) is 0 Å². The molecule has 0 fully saturated rings. The molecule has 0 saturated carbocycles. The minimum atomic E-state index is -0.967. The van der Waals surface area contributed by atoms with E-state index in [1.165, 1.54) is 11.3 Å². The molecule has 2 aromatic heterocycles. The van der Waals surface area contributed by atoms with Crippen LogP contribution in [0.2, 0.25) is 0 Å². The van der Waals surface area contributed by atoms with Gasteiger partial charge in [-0.05, 0) is 29.1 Å². The van der Waals surface area contributed by atoms with Gasteiger partial charge in [-0.3, -0.25) is 9.59 Å². The van der Waals surface area contributed by atoms with Crippen LogP contribution in [0.5, 0.6) is 5.75 Å². The van der Waals surface area contributed by atoms with Crippen molar-refractivity contribution in [3.63, 3.8) is 0 Å². The zero-order valence-corrected chi connectivity index (χ0v) is 19.9. The largest absolute Gasteiger partial charge is 0.496 e. The second kappa shape index (κ2) is 11.3. The topological polar surface area (TPSA) is 110 Å². The quantitative estimate of drug-likeness (QED) is 0.295. The molecule has 0 bridgehead atoms. The Morgan fingerprint density at radius 2 is 1.80 bits per heavy atom. The van der Waals surface area contributed by atoms with Crippen LogP contribution in [0.15, 0.2) is 72.2 Å². The van der Waals surface area contributed by atoms with E-state index in [0.717, 1.165) is 22.0 Å². The lowest BCUT2D eigenvalue weighted by atomic mass is 10.0. The van der Waals surface area contributed by atoms with Crippen molar-refractivity contribution in [3.05, 3.63) is 88.2 Å². The summed E-state index contributed by atoms with van der Waals surface area (Å²) in [4.78, 5) is 41.6. The van der Waals surface area contributed by atoms with Crippen LogP contribution in [-0.2, 0) is 27.3 Å². The van der Waals surface area contributed by atoms with Crippen LogP contribution in [0, 0.1) is 0 Å². The predicted octanol–water partition coefficient (Wildman–Crippen LogP) is 3.44. The number of H-pyrrole nitrogens is 1. The zero-order valence-electron chi connectivity index (χ0n) is 19.1. The van der Waals surface area contributed by atoms with Crippen LogP contribution >= 0.6 is 11.3 Å². The first-order valence-electron chi connectivity index (χ1n) is 11.0. The number of carbonyl (C=O) groups is 3. The van der Waals surface area contributed by atoms with Crippen LogP contribution in [0.3, 0.4) is 0 Å². The molecular weight excluding hydrogens is 466 g/mol. The number of benzene rings is 2. The fraction of sp³-hybridized carbons (Fsp3) is 0.192. The number of carbonyl (C=O) groups excluding carboxylic acids is 3. The Hall–Kier alpha value is -4.11. The van der Waals surface area contributed by atoms with E-state index in [-0.39, 0.29) is 18.9 Å². The molecule has 2 aromatic carbocycles. The van der Waals surface area contributed by atoms with Crippen LogP contribution in [-0.4, -0.2) is 42.5 Å².